The van der Waals surface area contributed by atoms with Gasteiger partial charge in [-0.05, 0) is 35.1 Å². The lowest BCUT2D eigenvalue weighted by Gasteiger charge is -2.17. The van der Waals surface area contributed by atoms with Gasteiger partial charge in [-0.15, -0.1) is 11.3 Å². The largest absolute Gasteiger partial charge is 0.338 e. The lowest BCUT2D eigenvalue weighted by molar-refractivity contribution is 0.357. The summed E-state index contributed by atoms with van der Waals surface area (Å²) in [4.78, 5) is 5.57. The predicted molar refractivity (Wildman–Crippen MR) is 92.2 cm³/mol. The molecule has 0 amide bonds. The number of benzene rings is 1. The first-order chi connectivity index (χ1) is 11.6. The van der Waals surface area contributed by atoms with Crippen molar-refractivity contribution in [3.05, 3.63) is 69.8 Å². The Morgan fingerprint density at radius 2 is 2.00 bits per heavy atom. The maximum atomic E-state index is 13.2. The van der Waals surface area contributed by atoms with E-state index in [9.17, 15) is 4.39 Å². The van der Waals surface area contributed by atoms with Crippen LogP contribution in [0.2, 0.25) is 0 Å². The van der Waals surface area contributed by atoms with Crippen LogP contribution in [0.4, 0.5) is 4.39 Å². The number of thiophene rings is 1. The minimum absolute atomic E-state index is 0.0361. The highest BCUT2D eigenvalue weighted by Crippen LogP contribution is 2.26. The van der Waals surface area contributed by atoms with Crippen LogP contribution in [0.5, 0.6) is 0 Å². The third-order valence-electron chi connectivity index (χ3n) is 3.59. The molecule has 2 aromatic heterocycles. The van der Waals surface area contributed by atoms with Crippen LogP contribution in [0, 0.1) is 11.7 Å². The van der Waals surface area contributed by atoms with Crippen molar-refractivity contribution >= 4 is 11.3 Å². The predicted octanol–water partition coefficient (Wildman–Crippen LogP) is 4.35. The van der Waals surface area contributed by atoms with Crippen molar-refractivity contribution < 1.29 is 8.91 Å². The molecule has 0 fully saturated rings. The van der Waals surface area contributed by atoms with Gasteiger partial charge in [0.05, 0.1) is 12.6 Å². The van der Waals surface area contributed by atoms with E-state index in [1.165, 1.54) is 12.1 Å². The summed E-state index contributed by atoms with van der Waals surface area (Å²) in [5.74, 6) is 1.55. The number of nitrogens with one attached hydrogen (secondary N) is 1. The Bertz CT molecular complexity index is 753. The van der Waals surface area contributed by atoms with Crippen molar-refractivity contribution in [2.24, 2.45) is 5.92 Å². The minimum Gasteiger partial charge on any atom is -0.338 e. The van der Waals surface area contributed by atoms with E-state index in [0.717, 1.165) is 22.7 Å². The van der Waals surface area contributed by atoms with Crippen LogP contribution in [0.1, 0.15) is 42.0 Å². The smallest absolute Gasteiger partial charge is 0.240 e. The summed E-state index contributed by atoms with van der Waals surface area (Å²) in [6.45, 7) is 4.70. The third-order valence-corrected chi connectivity index (χ3v) is 4.53. The second-order valence-electron chi connectivity index (χ2n) is 6.08. The lowest BCUT2D eigenvalue weighted by Crippen LogP contribution is -2.21. The number of nitrogens with zero attached hydrogens (tertiary/aromatic N) is 2. The maximum absolute atomic E-state index is 13.2. The second kappa shape index (κ2) is 7.68. The molecule has 0 saturated carbocycles. The van der Waals surface area contributed by atoms with E-state index in [1.54, 1.807) is 23.5 Å². The van der Waals surface area contributed by atoms with Gasteiger partial charge < -0.3 is 4.52 Å². The van der Waals surface area contributed by atoms with E-state index >= 15 is 0 Å². The third kappa shape index (κ3) is 4.27. The van der Waals surface area contributed by atoms with Crippen molar-refractivity contribution in [3.63, 3.8) is 0 Å². The number of hydrogen-bond acceptors (Lipinski definition) is 5. The van der Waals surface area contributed by atoms with Crippen molar-refractivity contribution in [3.8, 4) is 0 Å². The van der Waals surface area contributed by atoms with E-state index in [0.29, 0.717) is 18.4 Å². The van der Waals surface area contributed by atoms with Gasteiger partial charge in [0.15, 0.2) is 5.82 Å². The molecule has 1 N–H and O–H groups in total. The van der Waals surface area contributed by atoms with Crippen LogP contribution in [0.3, 0.4) is 0 Å². The van der Waals surface area contributed by atoms with Gasteiger partial charge in [0.2, 0.25) is 5.89 Å². The van der Waals surface area contributed by atoms with Crippen molar-refractivity contribution in [1.82, 2.24) is 15.5 Å². The fourth-order valence-electron chi connectivity index (χ4n) is 2.49. The Hall–Kier alpha value is -2.05. The van der Waals surface area contributed by atoms with Crippen LogP contribution in [-0.4, -0.2) is 10.1 Å². The molecule has 1 unspecified atom stereocenters. The van der Waals surface area contributed by atoms with Crippen molar-refractivity contribution in [2.75, 3.05) is 0 Å². The molecule has 24 heavy (non-hydrogen) atoms. The SMILES string of the molecule is CC(C)Cc1noc(CNC(c2ccc(F)cc2)c2cccs2)n1. The molecule has 0 radical (unpaired) electrons. The average molecular weight is 345 g/mol. The van der Waals surface area contributed by atoms with E-state index < -0.39 is 0 Å². The van der Waals surface area contributed by atoms with Crippen molar-refractivity contribution in [2.45, 2.75) is 32.9 Å². The summed E-state index contributed by atoms with van der Waals surface area (Å²) in [7, 11) is 0. The van der Waals surface area contributed by atoms with Crippen LogP contribution in [-0.2, 0) is 13.0 Å². The zero-order valence-corrected chi connectivity index (χ0v) is 14.5. The number of rotatable bonds is 7. The summed E-state index contributed by atoms with van der Waals surface area (Å²) in [6.07, 6.45) is 0.801. The van der Waals surface area contributed by atoms with E-state index in [2.05, 4.69) is 35.4 Å². The second-order valence-corrected chi connectivity index (χ2v) is 7.06. The van der Waals surface area contributed by atoms with Gasteiger partial charge in [0.1, 0.15) is 5.82 Å². The van der Waals surface area contributed by atoms with Gasteiger partial charge in [0.25, 0.3) is 0 Å². The molecule has 0 aliphatic rings. The minimum atomic E-state index is -0.237. The Morgan fingerprint density at radius 1 is 1.21 bits per heavy atom. The van der Waals surface area contributed by atoms with E-state index in [-0.39, 0.29) is 11.9 Å². The van der Waals surface area contributed by atoms with Crippen molar-refractivity contribution in [1.29, 1.82) is 0 Å². The van der Waals surface area contributed by atoms with E-state index in [1.807, 2.05) is 11.4 Å². The standard InChI is InChI=1S/C18H20FN3OS/c1-12(2)10-16-21-17(23-22-16)11-20-18(15-4-3-9-24-15)13-5-7-14(19)8-6-13/h3-9,12,18,20H,10-11H2,1-2H3. The van der Waals surface area contributed by atoms with E-state index in [4.69, 9.17) is 4.52 Å². The van der Waals surface area contributed by atoms with Gasteiger partial charge in [-0.2, -0.15) is 4.98 Å². The highest BCUT2D eigenvalue weighted by Gasteiger charge is 2.17. The summed E-state index contributed by atoms with van der Waals surface area (Å²) in [5.41, 5.74) is 1.00. The molecule has 0 aliphatic carbocycles. The van der Waals surface area contributed by atoms with Crippen LogP contribution < -0.4 is 5.32 Å². The summed E-state index contributed by atoms with van der Waals surface area (Å²) < 4.78 is 18.5. The monoisotopic (exact) mass is 345 g/mol. The summed E-state index contributed by atoms with van der Waals surface area (Å²) >= 11 is 1.66. The maximum Gasteiger partial charge on any atom is 0.240 e. The number of halogens is 1. The normalized spacial score (nSPS) is 12.7. The summed E-state index contributed by atoms with van der Waals surface area (Å²) in [5, 5.41) is 9.47. The molecule has 1 aromatic carbocycles. The van der Waals surface area contributed by atoms with Gasteiger partial charge in [0, 0.05) is 11.3 Å². The molecule has 3 rings (SSSR count). The van der Waals surface area contributed by atoms with Gasteiger partial charge in [-0.25, -0.2) is 4.39 Å². The molecular weight excluding hydrogens is 325 g/mol. The average Bonchev–Trinajstić information content (AvgIpc) is 3.21. The molecule has 6 heteroatoms. The first kappa shape index (κ1) is 16.8. The zero-order valence-electron chi connectivity index (χ0n) is 13.7. The Labute approximate surface area is 144 Å². The zero-order chi connectivity index (χ0) is 16.9. The Kier molecular flexibility index (Phi) is 5.37. The highest BCUT2D eigenvalue weighted by atomic mass is 32.1. The first-order valence-corrected chi connectivity index (χ1v) is 8.83. The molecule has 0 aliphatic heterocycles. The molecule has 2 heterocycles. The Morgan fingerprint density at radius 3 is 2.67 bits per heavy atom. The topological polar surface area (TPSA) is 51.0 Å². The fraction of sp³-hybridized carbons (Fsp3) is 0.333. The fourth-order valence-corrected chi connectivity index (χ4v) is 3.32. The quantitative estimate of drug-likeness (QED) is 0.692. The molecule has 126 valence electrons. The number of hydrogen-bond donors (Lipinski definition) is 1. The summed E-state index contributed by atoms with van der Waals surface area (Å²) in [6, 6.07) is 10.6. The van der Waals surface area contributed by atoms with Gasteiger partial charge in [-0.3, -0.25) is 5.32 Å². The van der Waals surface area contributed by atoms with Gasteiger partial charge >= 0.3 is 0 Å². The molecule has 4 nitrogen and oxygen atoms in total. The number of aromatic nitrogens is 2. The molecule has 3 aromatic rings. The van der Waals surface area contributed by atoms with Gasteiger partial charge in [-0.1, -0.05) is 37.2 Å². The lowest BCUT2D eigenvalue weighted by atomic mass is 10.1. The Balaban J connectivity index is 1.73. The first-order valence-electron chi connectivity index (χ1n) is 7.95. The molecule has 0 bridgehead atoms. The van der Waals surface area contributed by atoms with Crippen LogP contribution in [0.15, 0.2) is 46.3 Å². The molecule has 0 spiro atoms. The molecule has 1 atom stereocenters. The molecule has 0 saturated heterocycles. The molecular formula is C18H20FN3OS. The highest BCUT2D eigenvalue weighted by molar-refractivity contribution is 7.10. The van der Waals surface area contributed by atoms with Crippen LogP contribution >= 0.6 is 11.3 Å². The van der Waals surface area contributed by atoms with Crippen LogP contribution in [0.25, 0.3) is 0 Å².